The zero-order chi connectivity index (χ0) is 24.2. The van der Waals surface area contributed by atoms with Crippen LogP contribution in [0, 0.1) is 11.8 Å². The Morgan fingerprint density at radius 2 is 1.69 bits per heavy atom. The predicted molar refractivity (Wildman–Crippen MR) is 137 cm³/mol. The summed E-state index contributed by atoms with van der Waals surface area (Å²) in [6.07, 6.45) is 8.92. The molecular weight excluding hydrogens is 438 g/mol. The molecule has 35 heavy (non-hydrogen) atoms. The smallest absolute Gasteiger partial charge is 0.253 e. The number of amides is 2. The van der Waals surface area contributed by atoms with Crippen molar-refractivity contribution in [1.82, 2.24) is 15.2 Å². The summed E-state index contributed by atoms with van der Waals surface area (Å²) in [7, 11) is 0. The molecule has 6 heteroatoms. The van der Waals surface area contributed by atoms with Crippen LogP contribution in [0.3, 0.4) is 0 Å². The molecule has 2 aromatic carbocycles. The van der Waals surface area contributed by atoms with E-state index in [4.69, 9.17) is 4.42 Å². The Kier molecular flexibility index (Phi) is 7.16. The zero-order valence-corrected chi connectivity index (χ0v) is 20.5. The molecular formula is C29H35N3O3. The summed E-state index contributed by atoms with van der Waals surface area (Å²) in [5, 5.41) is 3.31. The van der Waals surface area contributed by atoms with Gasteiger partial charge in [0.05, 0.1) is 0 Å². The zero-order valence-electron chi connectivity index (χ0n) is 20.5. The van der Waals surface area contributed by atoms with Gasteiger partial charge in [0, 0.05) is 36.2 Å². The second-order valence-electron chi connectivity index (χ2n) is 10.2. The molecule has 1 aliphatic heterocycles. The van der Waals surface area contributed by atoms with Gasteiger partial charge >= 0.3 is 0 Å². The molecule has 2 heterocycles. The number of carbonyl (C=O) groups excluding carboxylic acids is 2. The van der Waals surface area contributed by atoms with E-state index < -0.39 is 0 Å². The van der Waals surface area contributed by atoms with Gasteiger partial charge in [-0.1, -0.05) is 50.8 Å². The van der Waals surface area contributed by atoms with Crippen LogP contribution in [0.2, 0.25) is 0 Å². The average Bonchev–Trinajstić information content (AvgIpc) is 3.17. The van der Waals surface area contributed by atoms with Gasteiger partial charge in [-0.05, 0) is 61.9 Å². The normalized spacial score (nSPS) is 18.8. The third-order valence-electron chi connectivity index (χ3n) is 7.81. The van der Waals surface area contributed by atoms with Crippen molar-refractivity contribution < 1.29 is 14.0 Å². The second-order valence-corrected chi connectivity index (χ2v) is 10.2. The third-order valence-corrected chi connectivity index (χ3v) is 7.81. The second kappa shape index (κ2) is 10.6. The summed E-state index contributed by atoms with van der Waals surface area (Å²) in [6, 6.07) is 15.6. The summed E-state index contributed by atoms with van der Waals surface area (Å²) in [4.78, 5) is 32.6. The SMILES string of the molecule is C[C@H](C(=O)NC1CCCCCC1)C1CCN(C(=O)c2ccc3nc(-c4ccccc4)oc3c2)CC1. The molecule has 2 amide bonds. The third kappa shape index (κ3) is 5.42. The Morgan fingerprint density at radius 3 is 2.40 bits per heavy atom. The Hall–Kier alpha value is -3.15. The highest BCUT2D eigenvalue weighted by molar-refractivity contribution is 5.97. The lowest BCUT2D eigenvalue weighted by Gasteiger charge is -2.35. The molecule has 0 radical (unpaired) electrons. The number of piperidine rings is 1. The van der Waals surface area contributed by atoms with Gasteiger partial charge in [0.25, 0.3) is 5.91 Å². The largest absolute Gasteiger partial charge is 0.436 e. The number of nitrogens with zero attached hydrogens (tertiary/aromatic N) is 2. The van der Waals surface area contributed by atoms with Gasteiger partial charge in [-0.3, -0.25) is 9.59 Å². The minimum atomic E-state index is -0.0162. The number of likely N-dealkylation sites (tertiary alicyclic amines) is 1. The van der Waals surface area contributed by atoms with Crippen LogP contribution in [-0.4, -0.2) is 40.8 Å². The summed E-state index contributed by atoms with van der Waals surface area (Å²) >= 11 is 0. The molecule has 5 rings (SSSR count). The molecule has 184 valence electrons. The van der Waals surface area contributed by atoms with Crippen molar-refractivity contribution in [3.05, 3.63) is 54.1 Å². The van der Waals surface area contributed by atoms with Crippen molar-refractivity contribution in [2.24, 2.45) is 11.8 Å². The van der Waals surface area contributed by atoms with Crippen molar-refractivity contribution in [1.29, 1.82) is 0 Å². The molecule has 1 aromatic heterocycles. The molecule has 0 unspecified atom stereocenters. The van der Waals surface area contributed by atoms with Crippen LogP contribution in [0.5, 0.6) is 0 Å². The molecule has 3 aromatic rings. The number of oxazole rings is 1. The number of carbonyl (C=O) groups is 2. The lowest BCUT2D eigenvalue weighted by molar-refractivity contribution is -0.127. The fourth-order valence-corrected chi connectivity index (χ4v) is 5.52. The molecule has 2 fully saturated rings. The van der Waals surface area contributed by atoms with E-state index in [1.165, 1.54) is 25.7 Å². The fraction of sp³-hybridized carbons (Fsp3) is 0.483. The van der Waals surface area contributed by atoms with Crippen LogP contribution in [0.4, 0.5) is 0 Å². The topological polar surface area (TPSA) is 75.4 Å². The lowest BCUT2D eigenvalue weighted by atomic mass is 9.84. The number of fused-ring (bicyclic) bond motifs is 1. The average molecular weight is 474 g/mol. The van der Waals surface area contributed by atoms with Crippen LogP contribution in [0.1, 0.15) is 68.6 Å². The van der Waals surface area contributed by atoms with E-state index in [-0.39, 0.29) is 17.7 Å². The standard InChI is InChI=1S/C29H35N3O3/c1-20(27(33)30-24-11-7-2-3-8-12-24)21-15-17-32(18-16-21)29(34)23-13-14-25-26(19-23)35-28(31-25)22-9-5-4-6-10-22/h4-6,9-10,13-14,19-21,24H,2-3,7-8,11-12,15-18H2,1H3,(H,30,33)/t20-/m0/s1. The van der Waals surface area contributed by atoms with Crippen LogP contribution in [0.25, 0.3) is 22.6 Å². The van der Waals surface area contributed by atoms with Gasteiger partial charge in [-0.15, -0.1) is 0 Å². The minimum absolute atomic E-state index is 0.0126. The maximum atomic E-state index is 13.2. The minimum Gasteiger partial charge on any atom is -0.436 e. The molecule has 0 bridgehead atoms. The fourth-order valence-electron chi connectivity index (χ4n) is 5.52. The van der Waals surface area contributed by atoms with E-state index in [0.29, 0.717) is 42.1 Å². The quantitative estimate of drug-likeness (QED) is 0.474. The Labute approximate surface area is 207 Å². The Bertz CT molecular complexity index is 1160. The molecule has 2 aliphatic rings. The number of rotatable bonds is 5. The van der Waals surface area contributed by atoms with Crippen molar-refractivity contribution in [3.63, 3.8) is 0 Å². The Morgan fingerprint density at radius 1 is 0.971 bits per heavy atom. The number of nitrogens with one attached hydrogen (secondary N) is 1. The predicted octanol–water partition coefficient (Wildman–Crippen LogP) is 5.82. The van der Waals surface area contributed by atoms with Crippen LogP contribution in [-0.2, 0) is 4.79 Å². The van der Waals surface area contributed by atoms with Crippen molar-refractivity contribution in [2.75, 3.05) is 13.1 Å². The van der Waals surface area contributed by atoms with Crippen molar-refractivity contribution in [2.45, 2.75) is 64.3 Å². The van der Waals surface area contributed by atoms with Crippen molar-refractivity contribution in [3.8, 4) is 11.5 Å². The first-order valence-corrected chi connectivity index (χ1v) is 13.1. The lowest BCUT2D eigenvalue weighted by Crippen LogP contribution is -2.44. The highest BCUT2D eigenvalue weighted by Gasteiger charge is 2.31. The van der Waals surface area contributed by atoms with Gasteiger partial charge in [0.15, 0.2) is 5.58 Å². The van der Waals surface area contributed by atoms with Crippen molar-refractivity contribution >= 4 is 22.9 Å². The van der Waals surface area contributed by atoms with E-state index in [1.54, 1.807) is 6.07 Å². The molecule has 1 N–H and O–H groups in total. The van der Waals surface area contributed by atoms with Gasteiger partial charge < -0.3 is 14.6 Å². The van der Waals surface area contributed by atoms with Gasteiger partial charge in [0.2, 0.25) is 11.8 Å². The van der Waals surface area contributed by atoms with E-state index in [2.05, 4.69) is 17.2 Å². The molecule has 6 nitrogen and oxygen atoms in total. The molecule has 1 aliphatic carbocycles. The van der Waals surface area contributed by atoms with E-state index in [0.717, 1.165) is 36.8 Å². The number of aromatic nitrogens is 1. The highest BCUT2D eigenvalue weighted by atomic mass is 16.3. The van der Waals surface area contributed by atoms with Gasteiger partial charge in [0.1, 0.15) is 5.52 Å². The summed E-state index contributed by atoms with van der Waals surface area (Å²) < 4.78 is 5.95. The first kappa shape index (κ1) is 23.6. The highest BCUT2D eigenvalue weighted by Crippen LogP contribution is 2.29. The molecule has 1 saturated heterocycles. The molecule has 0 spiro atoms. The van der Waals surface area contributed by atoms with Gasteiger partial charge in [-0.25, -0.2) is 4.98 Å². The first-order valence-electron chi connectivity index (χ1n) is 13.1. The van der Waals surface area contributed by atoms with Crippen LogP contribution in [0.15, 0.2) is 52.9 Å². The molecule has 1 saturated carbocycles. The number of hydrogen-bond donors (Lipinski definition) is 1. The molecule has 1 atom stereocenters. The van der Waals surface area contributed by atoms with Crippen LogP contribution >= 0.6 is 0 Å². The van der Waals surface area contributed by atoms with E-state index >= 15 is 0 Å². The van der Waals surface area contributed by atoms with Gasteiger partial charge in [-0.2, -0.15) is 0 Å². The van der Waals surface area contributed by atoms with E-state index in [1.807, 2.05) is 47.4 Å². The summed E-state index contributed by atoms with van der Waals surface area (Å²) in [5.74, 6) is 1.06. The summed E-state index contributed by atoms with van der Waals surface area (Å²) in [5.41, 5.74) is 2.89. The summed E-state index contributed by atoms with van der Waals surface area (Å²) in [6.45, 7) is 3.40. The maximum Gasteiger partial charge on any atom is 0.253 e. The number of hydrogen-bond acceptors (Lipinski definition) is 4. The van der Waals surface area contributed by atoms with E-state index in [9.17, 15) is 9.59 Å². The monoisotopic (exact) mass is 473 g/mol. The Balaban J connectivity index is 1.18. The van der Waals surface area contributed by atoms with Crippen LogP contribution < -0.4 is 5.32 Å². The maximum absolute atomic E-state index is 13.2. The number of benzene rings is 2. The first-order chi connectivity index (χ1) is 17.1.